The van der Waals surface area contributed by atoms with Crippen LogP contribution in [0.25, 0.3) is 66.5 Å². The monoisotopic (exact) mass is 614 g/mol. The van der Waals surface area contributed by atoms with Gasteiger partial charge in [-0.15, -0.1) is 0 Å². The van der Waals surface area contributed by atoms with Crippen LogP contribution in [0.3, 0.4) is 0 Å². The van der Waals surface area contributed by atoms with E-state index in [2.05, 4.69) is 136 Å². The number of benzene rings is 4. The molecule has 0 unspecified atom stereocenters. The zero-order chi connectivity index (χ0) is 32.7. The summed E-state index contributed by atoms with van der Waals surface area (Å²) < 4.78 is 4.58. The first kappa shape index (κ1) is 29.0. The van der Waals surface area contributed by atoms with E-state index < -0.39 is 0 Å². The number of hydrogen-bond donors (Lipinski definition) is 1. The predicted octanol–water partition coefficient (Wildman–Crippen LogP) is 10.6. The molecule has 0 amide bonds. The smallest absolute Gasteiger partial charge is 0.138 e. The molecule has 232 valence electrons. The zero-order valence-electron chi connectivity index (χ0n) is 27.7. The van der Waals surface area contributed by atoms with E-state index in [1.807, 2.05) is 24.4 Å². The molecule has 0 aliphatic heterocycles. The Balaban J connectivity index is 1.49. The Morgan fingerprint density at radius 1 is 0.511 bits per heavy atom. The summed E-state index contributed by atoms with van der Waals surface area (Å²) in [6.45, 7) is 13.4. The van der Waals surface area contributed by atoms with Crippen molar-refractivity contribution in [1.82, 2.24) is 19.1 Å². The minimum Gasteiger partial charge on any atom is -0.507 e. The molecule has 0 aliphatic carbocycles. The first-order valence-electron chi connectivity index (χ1n) is 16.2. The molecule has 0 radical (unpaired) electrons. The largest absolute Gasteiger partial charge is 0.507 e. The maximum absolute atomic E-state index is 10.9. The summed E-state index contributed by atoms with van der Waals surface area (Å²) in [5.74, 6) is 1.94. The number of para-hydroxylation sites is 3. The van der Waals surface area contributed by atoms with E-state index in [1.165, 1.54) is 27.1 Å². The average molecular weight is 615 g/mol. The van der Waals surface area contributed by atoms with Crippen molar-refractivity contribution < 1.29 is 5.11 Å². The van der Waals surface area contributed by atoms with Crippen LogP contribution < -0.4 is 0 Å². The third-order valence-electron chi connectivity index (χ3n) is 9.39. The van der Waals surface area contributed by atoms with Crippen molar-refractivity contribution in [2.45, 2.75) is 52.4 Å². The Bertz CT molecular complexity index is 2500. The average Bonchev–Trinajstić information content (AvgIpc) is 3.55. The summed E-state index contributed by atoms with van der Waals surface area (Å²) in [4.78, 5) is 10.2. The molecule has 0 aliphatic rings. The second kappa shape index (κ2) is 10.3. The lowest BCUT2D eigenvalue weighted by molar-refractivity contribution is 0.477. The molecule has 1 N–H and O–H groups in total. The van der Waals surface area contributed by atoms with Gasteiger partial charge in [-0.05, 0) is 82.6 Å². The van der Waals surface area contributed by atoms with E-state index >= 15 is 0 Å². The van der Waals surface area contributed by atoms with Crippen molar-refractivity contribution in [1.29, 1.82) is 0 Å². The van der Waals surface area contributed by atoms with Crippen molar-refractivity contribution >= 4 is 43.6 Å². The van der Waals surface area contributed by atoms with Gasteiger partial charge in [-0.25, -0.2) is 9.97 Å². The van der Waals surface area contributed by atoms with Gasteiger partial charge in [0.05, 0.1) is 27.8 Å². The lowest BCUT2D eigenvalue weighted by atomic mass is 9.86. The molecule has 0 spiro atoms. The number of hydrogen-bond acceptors (Lipinski definition) is 3. The first-order valence-corrected chi connectivity index (χ1v) is 16.2. The van der Waals surface area contributed by atoms with Gasteiger partial charge < -0.3 is 5.11 Å². The van der Waals surface area contributed by atoms with Gasteiger partial charge in [0.15, 0.2) is 0 Å². The van der Waals surface area contributed by atoms with Gasteiger partial charge in [0, 0.05) is 33.3 Å². The third kappa shape index (κ3) is 4.68. The Morgan fingerprint density at radius 3 is 1.68 bits per heavy atom. The molecule has 0 fully saturated rings. The summed E-state index contributed by atoms with van der Waals surface area (Å²) in [5.41, 5.74) is 8.06. The Hall–Kier alpha value is -5.42. The minimum absolute atomic E-state index is 0.00915. The number of aromatic hydroxyl groups is 1. The van der Waals surface area contributed by atoms with Crippen LogP contribution in [0, 0.1) is 0 Å². The number of fused-ring (bicyclic) bond motifs is 6. The highest BCUT2D eigenvalue weighted by atomic mass is 16.3. The maximum Gasteiger partial charge on any atom is 0.138 e. The standard InChI is InChI=1S/C42H38N4O/c1-41(2,3)26-19-20-43-39(22-26)45-34-16-10-7-13-28(34)31-24-32-29-14-8-11-17-35(29)46(37(32)25-36(31)45)40-23-27(42(4,5)6)21-33(44-40)30-15-9-12-18-38(30)47/h7-25,47H,1-6H3. The molecule has 8 rings (SSSR count). The summed E-state index contributed by atoms with van der Waals surface area (Å²) in [6.07, 6.45) is 1.93. The van der Waals surface area contributed by atoms with Gasteiger partial charge >= 0.3 is 0 Å². The molecule has 8 aromatic rings. The first-order chi connectivity index (χ1) is 22.5. The number of phenols is 1. The SMILES string of the molecule is CC(C)(C)c1ccnc(-n2c3ccccc3c3cc4c5ccccc5n(-c5cc(C(C)(C)C)cc(-c6ccccc6O)n5)c4cc32)c1. The van der Waals surface area contributed by atoms with Gasteiger partial charge in [-0.2, -0.15) is 0 Å². The van der Waals surface area contributed by atoms with Crippen molar-refractivity contribution in [2.24, 2.45) is 0 Å². The Labute approximate surface area is 274 Å². The molecule has 4 heterocycles. The summed E-state index contributed by atoms with van der Waals surface area (Å²) >= 11 is 0. The second-order valence-electron chi connectivity index (χ2n) is 14.6. The van der Waals surface area contributed by atoms with E-state index in [0.717, 1.165) is 45.0 Å². The van der Waals surface area contributed by atoms with E-state index in [-0.39, 0.29) is 16.6 Å². The molecular weight excluding hydrogens is 576 g/mol. The van der Waals surface area contributed by atoms with Gasteiger partial charge in [0.25, 0.3) is 0 Å². The highest BCUT2D eigenvalue weighted by Crippen LogP contribution is 2.41. The van der Waals surface area contributed by atoms with Crippen molar-refractivity contribution in [3.8, 4) is 28.6 Å². The van der Waals surface area contributed by atoms with Crippen LogP contribution in [0.1, 0.15) is 52.7 Å². The Kier molecular flexibility index (Phi) is 6.36. The van der Waals surface area contributed by atoms with Crippen molar-refractivity contribution in [3.63, 3.8) is 0 Å². The van der Waals surface area contributed by atoms with E-state index in [9.17, 15) is 5.11 Å². The van der Waals surface area contributed by atoms with Crippen molar-refractivity contribution in [2.75, 3.05) is 0 Å². The van der Waals surface area contributed by atoms with Crippen LogP contribution in [0.2, 0.25) is 0 Å². The molecule has 5 heteroatoms. The van der Waals surface area contributed by atoms with Crippen LogP contribution >= 0.6 is 0 Å². The summed E-state index contributed by atoms with van der Waals surface area (Å²) in [5, 5.41) is 15.6. The van der Waals surface area contributed by atoms with Gasteiger partial charge in [0.1, 0.15) is 17.4 Å². The fraction of sp³-hybridized carbons (Fsp3) is 0.190. The fourth-order valence-corrected chi connectivity index (χ4v) is 6.82. The fourth-order valence-electron chi connectivity index (χ4n) is 6.82. The molecule has 4 aromatic heterocycles. The Morgan fingerprint density at radius 2 is 1.06 bits per heavy atom. The topological polar surface area (TPSA) is 55.9 Å². The predicted molar refractivity (Wildman–Crippen MR) is 195 cm³/mol. The zero-order valence-corrected chi connectivity index (χ0v) is 27.7. The van der Waals surface area contributed by atoms with Crippen LogP contribution in [-0.4, -0.2) is 24.2 Å². The van der Waals surface area contributed by atoms with E-state index in [4.69, 9.17) is 9.97 Å². The van der Waals surface area contributed by atoms with E-state index in [0.29, 0.717) is 5.56 Å². The second-order valence-corrected chi connectivity index (χ2v) is 14.6. The molecule has 0 saturated heterocycles. The minimum atomic E-state index is -0.140. The number of phenolic OH excluding ortho intramolecular Hbond substituents is 1. The third-order valence-corrected chi connectivity index (χ3v) is 9.39. The molecule has 5 nitrogen and oxygen atoms in total. The number of rotatable bonds is 3. The van der Waals surface area contributed by atoms with Gasteiger partial charge in [-0.1, -0.05) is 90.1 Å². The lowest BCUT2D eigenvalue weighted by Gasteiger charge is -2.22. The highest BCUT2D eigenvalue weighted by molar-refractivity contribution is 6.19. The van der Waals surface area contributed by atoms with Gasteiger partial charge in [-0.3, -0.25) is 9.13 Å². The number of nitrogens with zero attached hydrogens (tertiary/aromatic N) is 4. The molecule has 0 saturated carbocycles. The summed E-state index contributed by atoms with van der Waals surface area (Å²) in [6, 6.07) is 37.9. The van der Waals surface area contributed by atoms with Crippen LogP contribution in [0.4, 0.5) is 0 Å². The molecule has 4 aromatic carbocycles. The van der Waals surface area contributed by atoms with Crippen molar-refractivity contribution in [3.05, 3.63) is 127 Å². The van der Waals surface area contributed by atoms with Crippen LogP contribution in [0.5, 0.6) is 5.75 Å². The lowest BCUT2D eigenvalue weighted by Crippen LogP contribution is -2.13. The molecular formula is C42H38N4O. The number of pyridine rings is 2. The number of aromatic nitrogens is 4. The quantitative estimate of drug-likeness (QED) is 0.215. The summed E-state index contributed by atoms with van der Waals surface area (Å²) in [7, 11) is 0. The highest BCUT2D eigenvalue weighted by Gasteiger charge is 2.23. The van der Waals surface area contributed by atoms with Crippen LogP contribution in [-0.2, 0) is 10.8 Å². The molecule has 47 heavy (non-hydrogen) atoms. The van der Waals surface area contributed by atoms with Crippen LogP contribution in [0.15, 0.2) is 115 Å². The molecule has 0 bridgehead atoms. The molecule has 0 atom stereocenters. The van der Waals surface area contributed by atoms with E-state index in [1.54, 1.807) is 6.07 Å². The van der Waals surface area contributed by atoms with Gasteiger partial charge in [0.2, 0.25) is 0 Å². The normalized spacial score (nSPS) is 12.6. The maximum atomic E-state index is 10.9.